The summed E-state index contributed by atoms with van der Waals surface area (Å²) in [6.07, 6.45) is 4.01. The molecule has 0 bridgehead atoms. The van der Waals surface area contributed by atoms with E-state index in [1.807, 2.05) is 13.8 Å². The Balaban J connectivity index is 2.11. The van der Waals surface area contributed by atoms with Gasteiger partial charge in [0.25, 0.3) is 5.91 Å². The van der Waals surface area contributed by atoms with Crippen molar-refractivity contribution in [3.63, 3.8) is 0 Å². The molecule has 1 N–H and O–H groups in total. The number of carbonyl (C=O) groups excluding carboxylic acids is 1. The molecule has 1 aliphatic heterocycles. The maximum absolute atomic E-state index is 12.3. The molecule has 6 nitrogen and oxygen atoms in total. The van der Waals surface area contributed by atoms with Gasteiger partial charge >= 0.3 is 0 Å². The lowest BCUT2D eigenvalue weighted by atomic mass is 9.91. The Hall–Kier alpha value is -2.13. The van der Waals surface area contributed by atoms with Gasteiger partial charge in [-0.3, -0.25) is 9.78 Å². The predicted octanol–water partition coefficient (Wildman–Crippen LogP) is 1.67. The minimum atomic E-state index is -0.857. The molecular weight excluding hydrogens is 270 g/mol. The Morgan fingerprint density at radius 1 is 1.48 bits per heavy atom. The molecule has 1 aromatic heterocycles. The lowest BCUT2D eigenvalue weighted by Crippen LogP contribution is -2.50. The molecular formula is C15H19N3O3. The third kappa shape index (κ3) is 3.92. The van der Waals surface area contributed by atoms with Crippen molar-refractivity contribution < 1.29 is 14.3 Å². The highest BCUT2D eigenvalue weighted by atomic mass is 16.5. The van der Waals surface area contributed by atoms with E-state index < -0.39 is 5.54 Å². The van der Waals surface area contributed by atoms with Crippen LogP contribution in [0.2, 0.25) is 0 Å². The van der Waals surface area contributed by atoms with Crippen molar-refractivity contribution in [3.8, 4) is 11.8 Å². The number of hydrogen-bond donors (Lipinski definition) is 1. The predicted molar refractivity (Wildman–Crippen MR) is 75.9 cm³/mol. The number of carbonyl (C=O) groups is 1. The fourth-order valence-electron chi connectivity index (χ4n) is 2.15. The zero-order valence-corrected chi connectivity index (χ0v) is 12.3. The number of pyridine rings is 1. The summed E-state index contributed by atoms with van der Waals surface area (Å²) in [7, 11) is 0. The highest BCUT2D eigenvalue weighted by molar-refractivity contribution is 5.95. The lowest BCUT2D eigenvalue weighted by molar-refractivity contribution is 0.0531. The van der Waals surface area contributed by atoms with Crippen LogP contribution in [0.5, 0.6) is 5.75 Å². The second kappa shape index (κ2) is 6.55. The fraction of sp³-hybridized carbons (Fsp3) is 0.533. The second-order valence-corrected chi connectivity index (χ2v) is 5.34. The first-order chi connectivity index (χ1) is 10.0. The molecule has 21 heavy (non-hydrogen) atoms. The first kappa shape index (κ1) is 15.3. The van der Waals surface area contributed by atoms with Gasteiger partial charge in [-0.25, -0.2) is 0 Å². The van der Waals surface area contributed by atoms with Gasteiger partial charge in [-0.1, -0.05) is 0 Å². The molecule has 112 valence electrons. The molecule has 6 heteroatoms. The third-order valence-electron chi connectivity index (χ3n) is 3.26. The van der Waals surface area contributed by atoms with Crippen molar-refractivity contribution in [2.75, 3.05) is 13.2 Å². The largest absolute Gasteiger partial charge is 0.489 e. The fourth-order valence-corrected chi connectivity index (χ4v) is 2.15. The van der Waals surface area contributed by atoms with Crippen LogP contribution in [0.25, 0.3) is 0 Å². The first-order valence-corrected chi connectivity index (χ1v) is 6.98. The van der Waals surface area contributed by atoms with Crippen molar-refractivity contribution in [1.29, 1.82) is 5.26 Å². The average molecular weight is 289 g/mol. The number of nitrogens with one attached hydrogen (secondary N) is 1. The molecule has 1 saturated heterocycles. The molecule has 1 aliphatic rings. The van der Waals surface area contributed by atoms with Crippen LogP contribution < -0.4 is 10.1 Å². The lowest BCUT2D eigenvalue weighted by Gasteiger charge is -2.31. The summed E-state index contributed by atoms with van der Waals surface area (Å²) in [5, 5.41) is 12.2. The number of nitriles is 1. The van der Waals surface area contributed by atoms with Gasteiger partial charge in [0.1, 0.15) is 11.3 Å². The van der Waals surface area contributed by atoms with E-state index in [0.29, 0.717) is 37.4 Å². The third-order valence-corrected chi connectivity index (χ3v) is 3.26. The molecule has 0 spiro atoms. The van der Waals surface area contributed by atoms with Gasteiger partial charge in [0, 0.05) is 32.3 Å². The molecule has 1 aromatic rings. The maximum atomic E-state index is 12.3. The van der Waals surface area contributed by atoms with Crippen LogP contribution in [-0.4, -0.2) is 35.7 Å². The summed E-state index contributed by atoms with van der Waals surface area (Å²) < 4.78 is 10.8. The molecule has 0 unspecified atom stereocenters. The van der Waals surface area contributed by atoms with Crippen molar-refractivity contribution in [2.24, 2.45) is 0 Å². The standard InChI is InChI=1S/C15H19N3O3/c1-11(2)21-13-7-12(8-17-9-13)14(19)18-15(10-16)3-5-20-6-4-15/h7-9,11H,3-6H2,1-2H3,(H,18,19). The van der Waals surface area contributed by atoms with E-state index >= 15 is 0 Å². The van der Waals surface area contributed by atoms with E-state index in [1.165, 1.54) is 6.20 Å². The van der Waals surface area contributed by atoms with Gasteiger partial charge in [-0.2, -0.15) is 5.26 Å². The molecule has 2 heterocycles. The van der Waals surface area contributed by atoms with E-state index in [4.69, 9.17) is 9.47 Å². The Labute approximate surface area is 124 Å². The van der Waals surface area contributed by atoms with Crippen LogP contribution >= 0.6 is 0 Å². The zero-order chi connectivity index (χ0) is 15.3. The number of nitrogens with zero attached hydrogens (tertiary/aromatic N) is 2. The van der Waals surface area contributed by atoms with Crippen LogP contribution in [0.1, 0.15) is 37.0 Å². The summed E-state index contributed by atoms with van der Waals surface area (Å²) in [6, 6.07) is 3.83. The maximum Gasteiger partial charge on any atom is 0.254 e. The summed E-state index contributed by atoms with van der Waals surface area (Å²) >= 11 is 0. The Bertz CT molecular complexity index is 545. The molecule has 1 amide bonds. The van der Waals surface area contributed by atoms with E-state index in [0.717, 1.165) is 0 Å². The van der Waals surface area contributed by atoms with E-state index in [-0.39, 0.29) is 12.0 Å². The number of ether oxygens (including phenoxy) is 2. The number of amides is 1. The summed E-state index contributed by atoms with van der Waals surface area (Å²) in [4.78, 5) is 16.3. The second-order valence-electron chi connectivity index (χ2n) is 5.34. The molecule has 0 aliphatic carbocycles. The molecule has 0 saturated carbocycles. The highest BCUT2D eigenvalue weighted by Crippen LogP contribution is 2.21. The summed E-state index contributed by atoms with van der Waals surface area (Å²) in [5.74, 6) is 0.218. The topological polar surface area (TPSA) is 84.2 Å². The quantitative estimate of drug-likeness (QED) is 0.911. The van der Waals surface area contributed by atoms with Crippen molar-refractivity contribution in [2.45, 2.75) is 38.3 Å². The van der Waals surface area contributed by atoms with Crippen LogP contribution in [0, 0.1) is 11.3 Å². The average Bonchev–Trinajstić information content (AvgIpc) is 2.48. The van der Waals surface area contributed by atoms with Crippen LogP contribution in [-0.2, 0) is 4.74 Å². The van der Waals surface area contributed by atoms with Crippen molar-refractivity contribution in [1.82, 2.24) is 10.3 Å². The molecule has 0 atom stereocenters. The van der Waals surface area contributed by atoms with E-state index in [2.05, 4.69) is 16.4 Å². The van der Waals surface area contributed by atoms with Crippen LogP contribution in [0.3, 0.4) is 0 Å². The minimum Gasteiger partial charge on any atom is -0.489 e. The zero-order valence-electron chi connectivity index (χ0n) is 12.3. The number of hydrogen-bond acceptors (Lipinski definition) is 5. The van der Waals surface area contributed by atoms with Crippen molar-refractivity contribution in [3.05, 3.63) is 24.0 Å². The Morgan fingerprint density at radius 3 is 2.81 bits per heavy atom. The summed E-state index contributed by atoms with van der Waals surface area (Å²) in [5.41, 5.74) is -0.473. The first-order valence-electron chi connectivity index (χ1n) is 6.98. The minimum absolute atomic E-state index is 0.00561. The summed E-state index contributed by atoms with van der Waals surface area (Å²) in [6.45, 7) is 4.75. The molecule has 0 aromatic carbocycles. The number of aromatic nitrogens is 1. The van der Waals surface area contributed by atoms with Gasteiger partial charge in [0.2, 0.25) is 0 Å². The van der Waals surface area contributed by atoms with Gasteiger partial charge in [-0.15, -0.1) is 0 Å². The Kier molecular flexibility index (Phi) is 4.76. The monoisotopic (exact) mass is 289 g/mol. The van der Waals surface area contributed by atoms with Gasteiger partial charge < -0.3 is 14.8 Å². The highest BCUT2D eigenvalue weighted by Gasteiger charge is 2.34. The van der Waals surface area contributed by atoms with E-state index in [9.17, 15) is 10.1 Å². The van der Waals surface area contributed by atoms with Gasteiger partial charge in [0.15, 0.2) is 0 Å². The smallest absolute Gasteiger partial charge is 0.254 e. The number of rotatable bonds is 4. The van der Waals surface area contributed by atoms with Gasteiger partial charge in [0.05, 0.1) is 23.9 Å². The normalized spacial score (nSPS) is 17.0. The van der Waals surface area contributed by atoms with Crippen LogP contribution in [0.15, 0.2) is 18.5 Å². The SMILES string of the molecule is CC(C)Oc1cncc(C(=O)NC2(C#N)CCOCC2)c1. The van der Waals surface area contributed by atoms with Crippen LogP contribution in [0.4, 0.5) is 0 Å². The van der Waals surface area contributed by atoms with E-state index in [1.54, 1.807) is 12.3 Å². The van der Waals surface area contributed by atoms with Gasteiger partial charge in [-0.05, 0) is 19.9 Å². The molecule has 2 rings (SSSR count). The Morgan fingerprint density at radius 2 is 2.19 bits per heavy atom. The molecule has 1 fully saturated rings. The van der Waals surface area contributed by atoms with Crippen molar-refractivity contribution >= 4 is 5.91 Å². The molecule has 0 radical (unpaired) electrons.